The predicted molar refractivity (Wildman–Crippen MR) is 89.0 cm³/mol. The van der Waals surface area contributed by atoms with Gasteiger partial charge in [-0.2, -0.15) is 0 Å². The van der Waals surface area contributed by atoms with Crippen molar-refractivity contribution in [1.29, 1.82) is 0 Å². The molecule has 0 atom stereocenters. The number of fused-ring (bicyclic) bond motifs is 1. The molecule has 1 aliphatic heterocycles. The SMILES string of the molecule is CCOC(=O)CCn1cc(COc2ccc3c(c2)CCC(=O)N3)nn1. The molecule has 0 spiro atoms. The number of rotatable bonds is 7. The number of carbonyl (C=O) groups is 2. The van der Waals surface area contributed by atoms with Crippen LogP contribution in [0.2, 0.25) is 0 Å². The zero-order chi connectivity index (χ0) is 17.6. The minimum absolute atomic E-state index is 0.0422. The Morgan fingerprint density at radius 2 is 2.24 bits per heavy atom. The van der Waals surface area contributed by atoms with Gasteiger partial charge in [0.2, 0.25) is 5.91 Å². The van der Waals surface area contributed by atoms with Gasteiger partial charge >= 0.3 is 5.97 Å². The van der Waals surface area contributed by atoms with Gasteiger partial charge in [0.15, 0.2) is 0 Å². The summed E-state index contributed by atoms with van der Waals surface area (Å²) < 4.78 is 12.2. The summed E-state index contributed by atoms with van der Waals surface area (Å²) in [7, 11) is 0. The van der Waals surface area contributed by atoms with E-state index in [1.165, 1.54) is 0 Å². The third-order valence-electron chi connectivity index (χ3n) is 3.80. The first-order valence-electron chi connectivity index (χ1n) is 8.24. The maximum Gasteiger partial charge on any atom is 0.307 e. The molecular weight excluding hydrogens is 324 g/mol. The quantitative estimate of drug-likeness (QED) is 0.768. The summed E-state index contributed by atoms with van der Waals surface area (Å²) in [5.74, 6) is 0.508. The lowest BCUT2D eigenvalue weighted by atomic mass is 10.0. The standard InChI is InChI=1S/C17H20N4O4/c1-2-24-17(23)7-8-21-10-13(19-20-21)11-25-14-4-5-15-12(9-14)3-6-16(22)18-15/h4-5,9-10H,2-3,6-8,11H2,1H3,(H,18,22). The van der Waals surface area contributed by atoms with Crippen LogP contribution in [0.4, 0.5) is 5.69 Å². The minimum Gasteiger partial charge on any atom is -0.487 e. The number of carbonyl (C=O) groups excluding carboxylic acids is 2. The van der Waals surface area contributed by atoms with Gasteiger partial charge in [0, 0.05) is 12.1 Å². The Kier molecular flexibility index (Phi) is 5.27. The van der Waals surface area contributed by atoms with E-state index in [9.17, 15) is 9.59 Å². The Bertz CT molecular complexity index is 772. The molecule has 1 amide bonds. The molecule has 25 heavy (non-hydrogen) atoms. The molecule has 0 aliphatic carbocycles. The van der Waals surface area contributed by atoms with E-state index < -0.39 is 0 Å². The lowest BCUT2D eigenvalue weighted by molar-refractivity contribution is -0.143. The number of nitrogens with zero attached hydrogens (tertiary/aromatic N) is 3. The van der Waals surface area contributed by atoms with Crippen LogP contribution in [-0.4, -0.2) is 33.5 Å². The highest BCUT2D eigenvalue weighted by atomic mass is 16.5. The van der Waals surface area contributed by atoms with Crippen LogP contribution in [0, 0.1) is 0 Å². The highest BCUT2D eigenvalue weighted by Crippen LogP contribution is 2.27. The van der Waals surface area contributed by atoms with E-state index in [1.54, 1.807) is 17.8 Å². The van der Waals surface area contributed by atoms with E-state index in [0.29, 0.717) is 31.7 Å². The Balaban J connectivity index is 1.52. The van der Waals surface area contributed by atoms with Gasteiger partial charge in [0.05, 0.1) is 25.8 Å². The number of ether oxygens (including phenoxy) is 2. The van der Waals surface area contributed by atoms with Crippen LogP contribution in [0.1, 0.15) is 31.0 Å². The largest absolute Gasteiger partial charge is 0.487 e. The van der Waals surface area contributed by atoms with Crippen LogP contribution in [-0.2, 0) is 33.9 Å². The number of benzene rings is 1. The van der Waals surface area contributed by atoms with Gasteiger partial charge in [-0.25, -0.2) is 0 Å². The number of hydrogen-bond acceptors (Lipinski definition) is 6. The Morgan fingerprint density at radius 1 is 1.36 bits per heavy atom. The Morgan fingerprint density at radius 3 is 3.08 bits per heavy atom. The van der Waals surface area contributed by atoms with Crippen LogP contribution >= 0.6 is 0 Å². The molecule has 0 saturated carbocycles. The zero-order valence-electron chi connectivity index (χ0n) is 14.0. The topological polar surface area (TPSA) is 95.3 Å². The fourth-order valence-corrected chi connectivity index (χ4v) is 2.56. The molecule has 1 aromatic heterocycles. The summed E-state index contributed by atoms with van der Waals surface area (Å²) in [5.41, 5.74) is 2.58. The van der Waals surface area contributed by atoms with Crippen molar-refractivity contribution in [3.8, 4) is 5.75 Å². The molecule has 1 aliphatic rings. The van der Waals surface area contributed by atoms with E-state index in [-0.39, 0.29) is 24.9 Å². The van der Waals surface area contributed by atoms with Gasteiger partial charge in [-0.05, 0) is 37.1 Å². The summed E-state index contributed by atoms with van der Waals surface area (Å²) in [6.45, 7) is 2.85. The molecule has 2 heterocycles. The number of anilines is 1. The van der Waals surface area contributed by atoms with E-state index in [2.05, 4.69) is 15.6 Å². The van der Waals surface area contributed by atoms with Gasteiger partial charge < -0.3 is 14.8 Å². The van der Waals surface area contributed by atoms with Crippen molar-refractivity contribution in [2.24, 2.45) is 0 Å². The van der Waals surface area contributed by atoms with Gasteiger partial charge in [0.1, 0.15) is 18.1 Å². The molecule has 1 N–H and O–H groups in total. The summed E-state index contributed by atoms with van der Waals surface area (Å²) in [6.07, 6.45) is 3.21. The van der Waals surface area contributed by atoms with E-state index in [0.717, 1.165) is 17.0 Å². The second-order valence-corrected chi connectivity index (χ2v) is 5.68. The molecule has 0 radical (unpaired) electrons. The number of nitrogens with one attached hydrogen (secondary N) is 1. The van der Waals surface area contributed by atoms with Crippen molar-refractivity contribution in [3.63, 3.8) is 0 Å². The molecule has 1 aromatic carbocycles. The van der Waals surface area contributed by atoms with Crippen LogP contribution < -0.4 is 10.1 Å². The summed E-state index contributed by atoms with van der Waals surface area (Å²) in [5, 5.41) is 10.8. The van der Waals surface area contributed by atoms with Crippen LogP contribution in [0.25, 0.3) is 0 Å². The molecule has 2 aromatic rings. The maximum atomic E-state index is 11.4. The van der Waals surface area contributed by atoms with E-state index in [4.69, 9.17) is 9.47 Å². The average molecular weight is 344 g/mol. The van der Waals surface area contributed by atoms with Crippen LogP contribution in [0.15, 0.2) is 24.4 Å². The molecule has 8 heteroatoms. The number of aryl methyl sites for hydroxylation is 2. The Labute approximate surface area is 145 Å². The normalized spacial score (nSPS) is 13.1. The number of amides is 1. The van der Waals surface area contributed by atoms with Crippen molar-refractivity contribution >= 4 is 17.6 Å². The molecule has 0 saturated heterocycles. The monoisotopic (exact) mass is 344 g/mol. The average Bonchev–Trinajstić information content (AvgIpc) is 3.06. The van der Waals surface area contributed by atoms with Gasteiger partial charge in [0.25, 0.3) is 0 Å². The maximum absolute atomic E-state index is 11.4. The first-order valence-corrected chi connectivity index (χ1v) is 8.24. The minimum atomic E-state index is -0.253. The predicted octanol–water partition coefficient (Wildman–Crippen LogP) is 1.69. The third-order valence-corrected chi connectivity index (χ3v) is 3.80. The molecular formula is C17H20N4O4. The second-order valence-electron chi connectivity index (χ2n) is 5.68. The van der Waals surface area contributed by atoms with Gasteiger partial charge in [-0.3, -0.25) is 14.3 Å². The van der Waals surface area contributed by atoms with Crippen molar-refractivity contribution in [1.82, 2.24) is 15.0 Å². The van der Waals surface area contributed by atoms with Gasteiger partial charge in [-0.1, -0.05) is 5.21 Å². The summed E-state index contributed by atoms with van der Waals surface area (Å²) >= 11 is 0. The highest BCUT2D eigenvalue weighted by Gasteiger charge is 2.15. The fourth-order valence-electron chi connectivity index (χ4n) is 2.56. The van der Waals surface area contributed by atoms with Crippen molar-refractivity contribution < 1.29 is 19.1 Å². The van der Waals surface area contributed by atoms with Crippen molar-refractivity contribution in [2.45, 2.75) is 39.3 Å². The molecule has 0 unspecified atom stereocenters. The fraction of sp³-hybridized carbons (Fsp3) is 0.412. The highest BCUT2D eigenvalue weighted by molar-refractivity contribution is 5.93. The summed E-state index contributed by atoms with van der Waals surface area (Å²) in [4.78, 5) is 22.7. The second kappa shape index (κ2) is 7.78. The van der Waals surface area contributed by atoms with E-state index >= 15 is 0 Å². The first-order chi connectivity index (χ1) is 12.1. The van der Waals surface area contributed by atoms with Crippen LogP contribution in [0.5, 0.6) is 5.75 Å². The third kappa shape index (κ3) is 4.56. The van der Waals surface area contributed by atoms with Crippen LogP contribution in [0.3, 0.4) is 0 Å². The molecule has 132 valence electrons. The molecule has 0 fully saturated rings. The first kappa shape index (κ1) is 16.9. The smallest absolute Gasteiger partial charge is 0.307 e. The van der Waals surface area contributed by atoms with Gasteiger partial charge in [-0.15, -0.1) is 5.10 Å². The van der Waals surface area contributed by atoms with Crippen molar-refractivity contribution in [2.75, 3.05) is 11.9 Å². The Hall–Kier alpha value is -2.90. The molecule has 0 bridgehead atoms. The number of hydrogen-bond donors (Lipinski definition) is 1. The zero-order valence-corrected chi connectivity index (χ0v) is 14.0. The number of esters is 1. The van der Waals surface area contributed by atoms with Crippen molar-refractivity contribution in [3.05, 3.63) is 35.7 Å². The number of aromatic nitrogens is 3. The lowest BCUT2D eigenvalue weighted by Crippen LogP contribution is -2.18. The molecule has 3 rings (SSSR count). The summed E-state index contributed by atoms with van der Waals surface area (Å²) in [6, 6.07) is 5.59. The van der Waals surface area contributed by atoms with E-state index in [1.807, 2.05) is 18.2 Å². The lowest BCUT2D eigenvalue weighted by Gasteiger charge is -2.17. The molecule has 8 nitrogen and oxygen atoms in total.